The van der Waals surface area contributed by atoms with Gasteiger partial charge < -0.3 is 5.32 Å². The van der Waals surface area contributed by atoms with Gasteiger partial charge in [-0.05, 0) is 39.7 Å². The Balaban J connectivity index is 2.30. The van der Waals surface area contributed by atoms with E-state index >= 15 is 0 Å². The summed E-state index contributed by atoms with van der Waals surface area (Å²) in [6, 6.07) is 0.658. The standard InChI is InChI=1S/C9H17NO/c1-7(11)8-3-5-9(10-2)6-4-8/h8-10H,3-6H2,1-2H3/t8-,9+. The Hall–Kier alpha value is -0.370. The topological polar surface area (TPSA) is 29.1 Å². The van der Waals surface area contributed by atoms with E-state index < -0.39 is 0 Å². The van der Waals surface area contributed by atoms with E-state index in [1.165, 1.54) is 12.8 Å². The molecule has 11 heavy (non-hydrogen) atoms. The van der Waals surface area contributed by atoms with Crippen molar-refractivity contribution in [3.05, 3.63) is 0 Å². The van der Waals surface area contributed by atoms with Crippen molar-refractivity contribution >= 4 is 5.78 Å². The number of nitrogens with one attached hydrogen (secondary N) is 1. The molecule has 0 spiro atoms. The van der Waals surface area contributed by atoms with E-state index in [1.807, 2.05) is 7.05 Å². The van der Waals surface area contributed by atoms with Gasteiger partial charge in [0.1, 0.15) is 5.78 Å². The van der Waals surface area contributed by atoms with Crippen LogP contribution in [0.3, 0.4) is 0 Å². The van der Waals surface area contributed by atoms with Crippen LogP contribution in [0.2, 0.25) is 0 Å². The van der Waals surface area contributed by atoms with Gasteiger partial charge in [-0.2, -0.15) is 0 Å². The molecule has 0 amide bonds. The Labute approximate surface area is 68.4 Å². The van der Waals surface area contributed by atoms with Crippen LogP contribution in [0.1, 0.15) is 32.6 Å². The first-order chi connectivity index (χ1) is 5.24. The highest BCUT2D eigenvalue weighted by Gasteiger charge is 2.22. The second kappa shape index (κ2) is 3.86. The molecule has 0 aliphatic heterocycles. The Bertz CT molecular complexity index is 136. The molecule has 2 nitrogen and oxygen atoms in total. The number of rotatable bonds is 2. The predicted molar refractivity (Wildman–Crippen MR) is 45.5 cm³/mol. The molecule has 0 aromatic rings. The van der Waals surface area contributed by atoms with E-state index in [2.05, 4.69) is 5.32 Å². The van der Waals surface area contributed by atoms with Crippen molar-refractivity contribution in [3.8, 4) is 0 Å². The smallest absolute Gasteiger partial charge is 0.132 e. The van der Waals surface area contributed by atoms with Gasteiger partial charge in [0.2, 0.25) is 0 Å². The molecule has 64 valence electrons. The summed E-state index contributed by atoms with van der Waals surface area (Å²) in [6.45, 7) is 1.71. The summed E-state index contributed by atoms with van der Waals surface area (Å²) in [5, 5.41) is 3.25. The highest BCUT2D eigenvalue weighted by Crippen LogP contribution is 2.24. The first-order valence-corrected chi connectivity index (χ1v) is 4.41. The van der Waals surface area contributed by atoms with E-state index in [0.29, 0.717) is 17.7 Å². The zero-order valence-electron chi connectivity index (χ0n) is 7.39. The molecule has 1 rings (SSSR count). The summed E-state index contributed by atoms with van der Waals surface area (Å²) in [5.74, 6) is 0.735. The fraction of sp³-hybridized carbons (Fsp3) is 0.889. The van der Waals surface area contributed by atoms with Gasteiger partial charge in [0.05, 0.1) is 0 Å². The van der Waals surface area contributed by atoms with Crippen molar-refractivity contribution in [3.63, 3.8) is 0 Å². The number of Topliss-reactive ketones (excluding diaryl/α,β-unsaturated/α-hetero) is 1. The lowest BCUT2D eigenvalue weighted by Crippen LogP contribution is -2.31. The summed E-state index contributed by atoms with van der Waals surface area (Å²) >= 11 is 0. The number of carbonyl (C=O) groups excluding carboxylic acids is 1. The predicted octanol–water partition coefficient (Wildman–Crippen LogP) is 1.35. The van der Waals surface area contributed by atoms with Crippen LogP contribution in [-0.4, -0.2) is 18.9 Å². The third kappa shape index (κ3) is 2.29. The minimum atomic E-state index is 0.361. The van der Waals surface area contributed by atoms with Crippen LogP contribution >= 0.6 is 0 Å². The van der Waals surface area contributed by atoms with Crippen LogP contribution in [-0.2, 0) is 4.79 Å². The maximum absolute atomic E-state index is 11.0. The summed E-state index contributed by atoms with van der Waals surface area (Å²) in [5.41, 5.74) is 0. The zero-order valence-corrected chi connectivity index (χ0v) is 7.39. The molecule has 1 aliphatic rings. The average molecular weight is 155 g/mol. The third-order valence-corrected chi connectivity index (χ3v) is 2.71. The molecule has 1 N–H and O–H groups in total. The van der Waals surface area contributed by atoms with Crippen LogP contribution in [0, 0.1) is 5.92 Å². The number of carbonyl (C=O) groups is 1. The normalized spacial score (nSPS) is 31.8. The van der Waals surface area contributed by atoms with Gasteiger partial charge in [0, 0.05) is 12.0 Å². The Morgan fingerprint density at radius 3 is 2.18 bits per heavy atom. The molecule has 0 unspecified atom stereocenters. The zero-order chi connectivity index (χ0) is 8.27. The molecule has 0 aromatic heterocycles. The molecule has 1 fully saturated rings. The minimum Gasteiger partial charge on any atom is -0.317 e. The van der Waals surface area contributed by atoms with E-state index in [4.69, 9.17) is 0 Å². The largest absolute Gasteiger partial charge is 0.317 e. The molecule has 1 aliphatic carbocycles. The molecule has 0 bridgehead atoms. The molecule has 2 heteroatoms. The molecule has 0 radical (unpaired) electrons. The number of hydrogen-bond donors (Lipinski definition) is 1. The maximum atomic E-state index is 11.0. The van der Waals surface area contributed by atoms with Crippen LogP contribution in [0.4, 0.5) is 0 Å². The monoisotopic (exact) mass is 155 g/mol. The van der Waals surface area contributed by atoms with E-state index in [-0.39, 0.29) is 0 Å². The fourth-order valence-corrected chi connectivity index (χ4v) is 1.79. The number of hydrogen-bond acceptors (Lipinski definition) is 2. The van der Waals surface area contributed by atoms with Crippen LogP contribution in [0.25, 0.3) is 0 Å². The Morgan fingerprint density at radius 2 is 1.82 bits per heavy atom. The Kier molecular flexibility index (Phi) is 3.06. The number of ketones is 1. The summed E-state index contributed by atoms with van der Waals surface area (Å²) < 4.78 is 0. The van der Waals surface area contributed by atoms with Gasteiger partial charge >= 0.3 is 0 Å². The van der Waals surface area contributed by atoms with Gasteiger partial charge in [0.25, 0.3) is 0 Å². The average Bonchev–Trinajstić information content (AvgIpc) is 2.05. The van der Waals surface area contributed by atoms with Crippen molar-refractivity contribution in [1.82, 2.24) is 5.32 Å². The highest BCUT2D eigenvalue weighted by molar-refractivity contribution is 5.78. The first-order valence-electron chi connectivity index (χ1n) is 4.41. The Morgan fingerprint density at radius 1 is 1.27 bits per heavy atom. The van der Waals surface area contributed by atoms with Crippen LogP contribution < -0.4 is 5.32 Å². The van der Waals surface area contributed by atoms with E-state index in [1.54, 1.807) is 6.92 Å². The quantitative estimate of drug-likeness (QED) is 0.652. The van der Waals surface area contributed by atoms with Crippen molar-refractivity contribution in [2.24, 2.45) is 5.92 Å². The van der Waals surface area contributed by atoms with E-state index in [9.17, 15) is 4.79 Å². The molecular formula is C9H17NO. The molecule has 0 atom stereocenters. The van der Waals surface area contributed by atoms with Gasteiger partial charge in [-0.25, -0.2) is 0 Å². The summed E-state index contributed by atoms with van der Waals surface area (Å²) in [4.78, 5) is 11.0. The van der Waals surface area contributed by atoms with Gasteiger partial charge in [-0.1, -0.05) is 0 Å². The third-order valence-electron chi connectivity index (χ3n) is 2.71. The van der Waals surface area contributed by atoms with E-state index in [0.717, 1.165) is 12.8 Å². The van der Waals surface area contributed by atoms with Crippen molar-refractivity contribution in [2.45, 2.75) is 38.6 Å². The summed E-state index contributed by atoms with van der Waals surface area (Å²) in [6.07, 6.45) is 4.50. The molecule has 0 aromatic carbocycles. The molecule has 0 heterocycles. The molecule has 1 saturated carbocycles. The molecule has 0 saturated heterocycles. The lowest BCUT2D eigenvalue weighted by molar-refractivity contribution is -0.121. The van der Waals surface area contributed by atoms with Gasteiger partial charge in [-0.15, -0.1) is 0 Å². The second-order valence-corrected chi connectivity index (χ2v) is 3.45. The van der Waals surface area contributed by atoms with Crippen LogP contribution in [0.5, 0.6) is 0 Å². The van der Waals surface area contributed by atoms with Crippen molar-refractivity contribution < 1.29 is 4.79 Å². The van der Waals surface area contributed by atoms with Gasteiger partial charge in [-0.3, -0.25) is 4.79 Å². The molecular weight excluding hydrogens is 138 g/mol. The highest BCUT2D eigenvalue weighted by atomic mass is 16.1. The first kappa shape index (κ1) is 8.72. The fourth-order valence-electron chi connectivity index (χ4n) is 1.79. The van der Waals surface area contributed by atoms with Gasteiger partial charge in [0.15, 0.2) is 0 Å². The minimum absolute atomic E-state index is 0.361. The lowest BCUT2D eigenvalue weighted by Gasteiger charge is -2.26. The van der Waals surface area contributed by atoms with Crippen molar-refractivity contribution in [2.75, 3.05) is 7.05 Å². The SMILES string of the molecule is CN[C@H]1CC[C@@H](C(C)=O)CC1. The lowest BCUT2D eigenvalue weighted by atomic mass is 9.84. The van der Waals surface area contributed by atoms with Crippen LogP contribution in [0.15, 0.2) is 0 Å². The maximum Gasteiger partial charge on any atom is 0.132 e. The van der Waals surface area contributed by atoms with Crippen molar-refractivity contribution in [1.29, 1.82) is 0 Å². The second-order valence-electron chi connectivity index (χ2n) is 3.45. The summed E-state index contributed by atoms with van der Waals surface area (Å²) in [7, 11) is 2.00.